The lowest BCUT2D eigenvalue weighted by atomic mass is 10.2. The molecule has 0 spiro atoms. The molecule has 0 radical (unpaired) electrons. The van der Waals surface area contributed by atoms with Gasteiger partial charge in [-0.15, -0.1) is 0 Å². The molecule has 2 N–H and O–H groups in total. The highest BCUT2D eigenvalue weighted by atomic mass is 35.5. The Kier molecular flexibility index (Phi) is 4.04. The molecular formula is C17H13ClN2O3. The van der Waals surface area contributed by atoms with Crippen LogP contribution in [0.3, 0.4) is 0 Å². The summed E-state index contributed by atoms with van der Waals surface area (Å²) < 4.78 is 0. The minimum atomic E-state index is -0.414. The molecule has 23 heavy (non-hydrogen) atoms. The molecule has 6 heteroatoms. The van der Waals surface area contributed by atoms with E-state index in [2.05, 4.69) is 5.32 Å². The van der Waals surface area contributed by atoms with Crippen molar-refractivity contribution in [3.05, 3.63) is 70.9 Å². The number of hydrogen-bond donors (Lipinski definition) is 2. The van der Waals surface area contributed by atoms with Gasteiger partial charge in [-0.2, -0.15) is 0 Å². The number of halogens is 1. The van der Waals surface area contributed by atoms with Crippen molar-refractivity contribution in [2.45, 2.75) is 6.54 Å². The van der Waals surface area contributed by atoms with E-state index in [4.69, 9.17) is 11.6 Å². The predicted octanol–water partition coefficient (Wildman–Crippen LogP) is 2.91. The van der Waals surface area contributed by atoms with Crippen LogP contribution in [-0.4, -0.2) is 21.8 Å². The molecule has 1 heterocycles. The highest BCUT2D eigenvalue weighted by Crippen LogP contribution is 2.28. The van der Waals surface area contributed by atoms with E-state index < -0.39 is 5.91 Å². The molecule has 5 nitrogen and oxygen atoms in total. The zero-order valence-electron chi connectivity index (χ0n) is 12.0. The topological polar surface area (TPSA) is 69.6 Å². The fourth-order valence-electron chi connectivity index (χ4n) is 2.26. The molecule has 0 fully saturated rings. The summed E-state index contributed by atoms with van der Waals surface area (Å²) in [7, 11) is 0. The van der Waals surface area contributed by atoms with Gasteiger partial charge in [0.25, 0.3) is 11.8 Å². The first-order chi connectivity index (χ1) is 11.0. The Morgan fingerprint density at radius 3 is 2.52 bits per heavy atom. The second-order valence-electron chi connectivity index (χ2n) is 5.06. The van der Waals surface area contributed by atoms with Crippen molar-refractivity contribution >= 4 is 29.1 Å². The normalized spacial score (nSPS) is 14.1. The molecule has 1 aliphatic heterocycles. The molecule has 0 aromatic heterocycles. The monoisotopic (exact) mass is 328 g/mol. The van der Waals surface area contributed by atoms with Gasteiger partial charge in [0.1, 0.15) is 11.4 Å². The summed E-state index contributed by atoms with van der Waals surface area (Å²) in [5, 5.41) is 12.4. The Bertz CT molecular complexity index is 803. The molecule has 0 unspecified atom stereocenters. The number of benzene rings is 2. The Labute approximate surface area is 137 Å². The maximum atomic E-state index is 12.4. The summed E-state index contributed by atoms with van der Waals surface area (Å²) in [5.74, 6) is -0.770. The molecular weight excluding hydrogens is 316 g/mol. The summed E-state index contributed by atoms with van der Waals surface area (Å²) in [4.78, 5) is 25.6. The van der Waals surface area contributed by atoms with Gasteiger partial charge >= 0.3 is 0 Å². The lowest BCUT2D eigenvalue weighted by Gasteiger charge is -2.15. The molecule has 0 saturated carbocycles. The summed E-state index contributed by atoms with van der Waals surface area (Å²) in [6.07, 6.45) is 1.24. The number of anilines is 1. The summed E-state index contributed by atoms with van der Waals surface area (Å²) >= 11 is 6.00. The van der Waals surface area contributed by atoms with Gasteiger partial charge in [-0.25, -0.2) is 0 Å². The minimum Gasteiger partial charge on any atom is -0.508 e. The van der Waals surface area contributed by atoms with Crippen LogP contribution in [-0.2, 0) is 16.1 Å². The number of carbonyl (C=O) groups is 2. The fraction of sp³-hybridized carbons (Fsp3) is 0.0588. The van der Waals surface area contributed by atoms with Gasteiger partial charge in [-0.05, 0) is 17.7 Å². The molecule has 0 saturated heterocycles. The molecule has 0 aliphatic carbocycles. The molecule has 0 bridgehead atoms. The number of nitrogens with one attached hydrogen (secondary N) is 1. The highest BCUT2D eigenvalue weighted by Gasteiger charge is 2.31. The SMILES string of the molecule is O=C1C=C(Nc2ccc(O)cc2Cl)C(=O)N1Cc1ccccc1. The molecule has 1 aliphatic rings. The van der Waals surface area contributed by atoms with Crippen molar-refractivity contribution in [3.63, 3.8) is 0 Å². The Hall–Kier alpha value is -2.79. The van der Waals surface area contributed by atoms with Crippen LogP contribution in [0.5, 0.6) is 5.75 Å². The minimum absolute atomic E-state index is 0.0223. The fourth-order valence-corrected chi connectivity index (χ4v) is 2.49. The molecule has 116 valence electrons. The van der Waals surface area contributed by atoms with Crippen LogP contribution in [0.4, 0.5) is 5.69 Å². The van der Waals surface area contributed by atoms with Gasteiger partial charge in [0.05, 0.1) is 17.3 Å². The van der Waals surface area contributed by atoms with Gasteiger partial charge in [0.15, 0.2) is 0 Å². The molecule has 2 amide bonds. The van der Waals surface area contributed by atoms with E-state index in [9.17, 15) is 14.7 Å². The van der Waals surface area contributed by atoms with Crippen LogP contribution in [0.25, 0.3) is 0 Å². The zero-order chi connectivity index (χ0) is 16.4. The van der Waals surface area contributed by atoms with Crippen LogP contribution in [0, 0.1) is 0 Å². The van der Waals surface area contributed by atoms with E-state index in [1.54, 1.807) is 0 Å². The van der Waals surface area contributed by atoms with Gasteiger partial charge in [0, 0.05) is 12.1 Å². The summed E-state index contributed by atoms with van der Waals surface area (Å²) in [6, 6.07) is 13.6. The van der Waals surface area contributed by atoms with Gasteiger partial charge in [0.2, 0.25) is 0 Å². The van der Waals surface area contributed by atoms with Crippen molar-refractivity contribution in [3.8, 4) is 5.75 Å². The van der Waals surface area contributed by atoms with Crippen LogP contribution in [0.2, 0.25) is 5.02 Å². The largest absolute Gasteiger partial charge is 0.508 e. The van der Waals surface area contributed by atoms with Crippen LogP contribution < -0.4 is 5.32 Å². The molecule has 2 aromatic rings. The number of phenolic OH excluding ortho intramolecular Hbond substituents is 1. The highest BCUT2D eigenvalue weighted by molar-refractivity contribution is 6.33. The zero-order valence-corrected chi connectivity index (χ0v) is 12.7. The number of nitrogens with zero attached hydrogens (tertiary/aromatic N) is 1. The lowest BCUT2D eigenvalue weighted by molar-refractivity contribution is -0.137. The smallest absolute Gasteiger partial charge is 0.277 e. The van der Waals surface area contributed by atoms with Crippen molar-refractivity contribution in [2.75, 3.05) is 5.32 Å². The number of phenols is 1. The molecule has 0 atom stereocenters. The number of carbonyl (C=O) groups excluding carboxylic acids is 2. The summed E-state index contributed by atoms with van der Waals surface area (Å²) in [5.41, 5.74) is 1.46. The Morgan fingerprint density at radius 1 is 1.09 bits per heavy atom. The third kappa shape index (κ3) is 3.19. The van der Waals surface area contributed by atoms with E-state index in [0.29, 0.717) is 5.69 Å². The lowest BCUT2D eigenvalue weighted by Crippen LogP contribution is -2.31. The quantitative estimate of drug-likeness (QED) is 0.669. The van der Waals surface area contributed by atoms with E-state index >= 15 is 0 Å². The maximum absolute atomic E-state index is 12.4. The number of aromatic hydroxyl groups is 1. The van der Waals surface area contributed by atoms with E-state index in [1.165, 1.54) is 24.3 Å². The Balaban J connectivity index is 1.76. The van der Waals surface area contributed by atoms with Crippen LogP contribution >= 0.6 is 11.6 Å². The Morgan fingerprint density at radius 2 is 1.83 bits per heavy atom. The van der Waals surface area contributed by atoms with E-state index in [-0.39, 0.29) is 28.9 Å². The van der Waals surface area contributed by atoms with Crippen molar-refractivity contribution in [1.82, 2.24) is 4.90 Å². The average Bonchev–Trinajstić information content (AvgIpc) is 2.79. The van der Waals surface area contributed by atoms with Crippen molar-refractivity contribution < 1.29 is 14.7 Å². The second-order valence-corrected chi connectivity index (χ2v) is 5.47. The second kappa shape index (κ2) is 6.14. The molecule has 3 rings (SSSR count). The van der Waals surface area contributed by atoms with Crippen molar-refractivity contribution in [1.29, 1.82) is 0 Å². The number of rotatable bonds is 4. The number of amides is 2. The van der Waals surface area contributed by atoms with Gasteiger partial charge in [-0.3, -0.25) is 14.5 Å². The van der Waals surface area contributed by atoms with Crippen molar-refractivity contribution in [2.24, 2.45) is 0 Å². The van der Waals surface area contributed by atoms with E-state index in [1.807, 2.05) is 30.3 Å². The van der Waals surface area contributed by atoms with E-state index in [0.717, 1.165) is 10.5 Å². The number of imide groups is 1. The standard InChI is InChI=1S/C17H13ClN2O3/c18-13-8-12(21)6-7-14(13)19-15-9-16(22)20(17(15)23)10-11-4-2-1-3-5-11/h1-9,19,21H,10H2. The number of hydrogen-bond acceptors (Lipinski definition) is 4. The first-order valence-corrected chi connectivity index (χ1v) is 7.29. The van der Waals surface area contributed by atoms with Crippen LogP contribution in [0.1, 0.15) is 5.56 Å². The third-order valence-corrected chi connectivity index (χ3v) is 3.73. The molecule has 2 aromatic carbocycles. The van der Waals surface area contributed by atoms with Crippen LogP contribution in [0.15, 0.2) is 60.3 Å². The van der Waals surface area contributed by atoms with Gasteiger partial charge in [-0.1, -0.05) is 41.9 Å². The third-order valence-electron chi connectivity index (χ3n) is 3.41. The van der Waals surface area contributed by atoms with Gasteiger partial charge < -0.3 is 10.4 Å². The summed E-state index contributed by atoms with van der Waals surface area (Å²) in [6.45, 7) is 0.212. The average molecular weight is 329 g/mol. The predicted molar refractivity (Wildman–Crippen MR) is 86.8 cm³/mol. The maximum Gasteiger partial charge on any atom is 0.277 e. The first-order valence-electron chi connectivity index (χ1n) is 6.91. The first kappa shape index (κ1) is 15.1.